The van der Waals surface area contributed by atoms with Gasteiger partial charge in [-0.25, -0.2) is 4.98 Å². The third-order valence-corrected chi connectivity index (χ3v) is 3.91. The Morgan fingerprint density at radius 1 is 1.65 bits per heavy atom. The number of hydrogen-bond donors (Lipinski definition) is 2. The van der Waals surface area contributed by atoms with E-state index in [1.165, 1.54) is 0 Å². The first-order valence-corrected chi connectivity index (χ1v) is 6.99. The fourth-order valence-corrected chi connectivity index (χ4v) is 2.69. The molecule has 0 aliphatic carbocycles. The fourth-order valence-electron chi connectivity index (χ4n) is 1.91. The summed E-state index contributed by atoms with van der Waals surface area (Å²) >= 11 is 1.62. The van der Waals surface area contributed by atoms with Gasteiger partial charge < -0.3 is 15.4 Å². The molecule has 1 aliphatic heterocycles. The first-order chi connectivity index (χ1) is 8.65. The van der Waals surface area contributed by atoms with Crippen LogP contribution in [0.5, 0.6) is 0 Å². The van der Waals surface area contributed by atoms with Gasteiger partial charge in [0.15, 0.2) is 0 Å². The highest BCUT2D eigenvalue weighted by molar-refractivity contribution is 7.11. The predicted molar refractivity (Wildman–Crippen MR) is 85.1 cm³/mol. The monoisotopic (exact) mass is 341 g/mol. The van der Waals surface area contributed by atoms with Crippen molar-refractivity contribution >= 4 is 42.1 Å². The molecule has 5 nitrogen and oxygen atoms in total. The van der Waals surface area contributed by atoms with Crippen LogP contribution in [0.25, 0.3) is 0 Å². The highest BCUT2D eigenvalue weighted by atomic mass is 35.5. The minimum absolute atomic E-state index is 0. The molecule has 2 heterocycles. The highest BCUT2D eigenvalue weighted by Crippen LogP contribution is 2.18. The molecule has 8 heteroatoms. The normalized spacial score (nSPS) is 19.4. The predicted octanol–water partition coefficient (Wildman–Crippen LogP) is 1.85. The van der Waals surface area contributed by atoms with Crippen LogP contribution in [-0.2, 0) is 9.53 Å². The number of nitrogens with one attached hydrogen (secondary N) is 2. The molecule has 1 aromatic rings. The maximum Gasteiger partial charge on any atom is 0.222 e. The minimum atomic E-state index is -0.0271. The number of aromatic nitrogens is 1. The quantitative estimate of drug-likeness (QED) is 0.877. The molecule has 2 unspecified atom stereocenters. The number of morpholine rings is 1. The number of carbonyl (C=O) groups is 1. The summed E-state index contributed by atoms with van der Waals surface area (Å²) in [6.07, 6.45) is 2.29. The molecule has 2 N–H and O–H groups in total. The van der Waals surface area contributed by atoms with Gasteiger partial charge in [0.2, 0.25) is 5.91 Å². The van der Waals surface area contributed by atoms with Crippen molar-refractivity contribution in [2.45, 2.75) is 32.4 Å². The average molecular weight is 342 g/mol. The lowest BCUT2D eigenvalue weighted by atomic mass is 10.2. The van der Waals surface area contributed by atoms with E-state index in [2.05, 4.69) is 15.6 Å². The largest absolute Gasteiger partial charge is 0.378 e. The van der Waals surface area contributed by atoms with E-state index in [9.17, 15) is 4.79 Å². The van der Waals surface area contributed by atoms with Crippen LogP contribution >= 0.6 is 36.2 Å². The van der Waals surface area contributed by atoms with Gasteiger partial charge >= 0.3 is 0 Å². The lowest BCUT2D eigenvalue weighted by molar-refractivity contribution is -0.122. The maximum atomic E-state index is 11.9. The van der Waals surface area contributed by atoms with Gasteiger partial charge in [-0.1, -0.05) is 0 Å². The van der Waals surface area contributed by atoms with Crippen LogP contribution in [0.15, 0.2) is 6.20 Å². The van der Waals surface area contributed by atoms with Gasteiger partial charge in [0, 0.05) is 30.1 Å². The third-order valence-electron chi connectivity index (χ3n) is 2.82. The first-order valence-electron chi connectivity index (χ1n) is 6.18. The number of amides is 1. The van der Waals surface area contributed by atoms with E-state index >= 15 is 0 Å². The molecule has 2 rings (SSSR count). The number of aryl methyl sites for hydroxylation is 1. The zero-order valence-electron chi connectivity index (χ0n) is 11.5. The molecule has 0 saturated carbocycles. The second-order valence-corrected chi connectivity index (χ2v) is 5.79. The lowest BCUT2D eigenvalue weighted by Crippen LogP contribution is -2.44. The number of nitrogens with zero attached hydrogens (tertiary/aromatic N) is 1. The van der Waals surface area contributed by atoms with Gasteiger partial charge in [-0.3, -0.25) is 4.79 Å². The number of hydrogen-bond acceptors (Lipinski definition) is 5. The zero-order valence-corrected chi connectivity index (χ0v) is 14.0. The van der Waals surface area contributed by atoms with Crippen molar-refractivity contribution in [2.24, 2.45) is 0 Å². The summed E-state index contributed by atoms with van der Waals surface area (Å²) in [7, 11) is 0. The molecule has 2 atom stereocenters. The Kier molecular flexibility index (Phi) is 9.33. The van der Waals surface area contributed by atoms with Gasteiger partial charge in [0.25, 0.3) is 0 Å². The number of thiazole rings is 1. The molecule has 0 spiro atoms. The van der Waals surface area contributed by atoms with Crippen molar-refractivity contribution < 1.29 is 9.53 Å². The molecule has 0 radical (unpaired) electrons. The number of carbonyl (C=O) groups excluding carboxylic acids is 1. The molecule has 1 amide bonds. The molecule has 1 fully saturated rings. The molecule has 20 heavy (non-hydrogen) atoms. The van der Waals surface area contributed by atoms with E-state index in [0.717, 1.165) is 23.0 Å². The Bertz CT molecular complexity index is 411. The Balaban J connectivity index is 0.00000180. The fraction of sp³-hybridized carbons (Fsp3) is 0.667. The van der Waals surface area contributed by atoms with Crippen LogP contribution < -0.4 is 10.6 Å². The highest BCUT2D eigenvalue weighted by Gasteiger charge is 2.19. The van der Waals surface area contributed by atoms with Crippen LogP contribution in [-0.4, -0.2) is 36.7 Å². The maximum absolute atomic E-state index is 11.9. The summed E-state index contributed by atoms with van der Waals surface area (Å²) in [5.41, 5.74) is 0. The molecule has 1 aromatic heterocycles. The van der Waals surface area contributed by atoms with E-state index < -0.39 is 0 Å². The second-order valence-electron chi connectivity index (χ2n) is 4.53. The van der Waals surface area contributed by atoms with Crippen molar-refractivity contribution in [3.05, 3.63) is 16.1 Å². The summed E-state index contributed by atoms with van der Waals surface area (Å²) in [6.45, 7) is 6.13. The Morgan fingerprint density at radius 3 is 2.95 bits per heavy atom. The van der Waals surface area contributed by atoms with Gasteiger partial charge in [-0.15, -0.1) is 36.2 Å². The van der Waals surface area contributed by atoms with Gasteiger partial charge in [0.05, 0.1) is 19.3 Å². The number of rotatable bonds is 4. The van der Waals surface area contributed by atoms with Gasteiger partial charge in [-0.2, -0.15) is 0 Å². The summed E-state index contributed by atoms with van der Waals surface area (Å²) < 4.78 is 5.32. The summed E-state index contributed by atoms with van der Waals surface area (Å²) in [6, 6.07) is 0.102. The van der Waals surface area contributed by atoms with Crippen LogP contribution in [0.2, 0.25) is 0 Å². The smallest absolute Gasteiger partial charge is 0.222 e. The van der Waals surface area contributed by atoms with Crippen molar-refractivity contribution in [3.8, 4) is 0 Å². The number of ether oxygens (including phenoxy) is 1. The minimum Gasteiger partial charge on any atom is -0.378 e. The Morgan fingerprint density at radius 2 is 2.40 bits per heavy atom. The Hall–Kier alpha value is -0.400. The van der Waals surface area contributed by atoms with Crippen LogP contribution in [0.4, 0.5) is 0 Å². The molecule has 1 aliphatic rings. The third kappa shape index (κ3) is 5.93. The molecular weight excluding hydrogens is 321 g/mol. The van der Waals surface area contributed by atoms with Crippen LogP contribution in [0, 0.1) is 6.92 Å². The van der Waals surface area contributed by atoms with E-state index in [1.807, 2.05) is 20.0 Å². The molecule has 0 aromatic carbocycles. The SMILES string of the molecule is Cc1cnc(C(C)NC(=O)CC2COCCN2)s1.Cl.Cl. The van der Waals surface area contributed by atoms with E-state index in [0.29, 0.717) is 13.0 Å². The summed E-state index contributed by atoms with van der Waals surface area (Å²) in [5.74, 6) is 0.0401. The first kappa shape index (κ1) is 19.6. The standard InChI is InChI=1S/C12H19N3O2S.2ClH/c1-8-6-14-12(18-8)9(2)15-11(16)5-10-7-17-4-3-13-10;;/h6,9-10,13H,3-5,7H2,1-2H3,(H,15,16);2*1H. The number of halogens is 2. The molecule has 1 saturated heterocycles. The molecular formula is C12H21Cl2N3O2S. The zero-order chi connectivity index (χ0) is 13.0. The topological polar surface area (TPSA) is 63.2 Å². The van der Waals surface area contributed by atoms with Gasteiger partial charge in [0.1, 0.15) is 5.01 Å². The summed E-state index contributed by atoms with van der Waals surface area (Å²) in [4.78, 5) is 17.3. The Labute approximate surface area is 135 Å². The van der Waals surface area contributed by atoms with E-state index in [1.54, 1.807) is 11.3 Å². The molecule has 0 bridgehead atoms. The summed E-state index contributed by atoms with van der Waals surface area (Å²) in [5, 5.41) is 7.19. The van der Waals surface area contributed by atoms with Crippen LogP contribution in [0.1, 0.15) is 29.3 Å². The van der Waals surface area contributed by atoms with Crippen LogP contribution in [0.3, 0.4) is 0 Å². The van der Waals surface area contributed by atoms with Crippen molar-refractivity contribution in [2.75, 3.05) is 19.8 Å². The van der Waals surface area contributed by atoms with Crippen molar-refractivity contribution in [3.63, 3.8) is 0 Å². The average Bonchev–Trinajstić information content (AvgIpc) is 2.77. The lowest BCUT2D eigenvalue weighted by Gasteiger charge is -2.23. The van der Waals surface area contributed by atoms with E-state index in [4.69, 9.17) is 4.74 Å². The molecule has 116 valence electrons. The van der Waals surface area contributed by atoms with Crippen molar-refractivity contribution in [1.29, 1.82) is 0 Å². The second kappa shape index (κ2) is 9.52. The van der Waals surface area contributed by atoms with Gasteiger partial charge in [-0.05, 0) is 13.8 Å². The van der Waals surface area contributed by atoms with E-state index in [-0.39, 0.29) is 42.8 Å². The van der Waals surface area contributed by atoms with Crippen molar-refractivity contribution in [1.82, 2.24) is 15.6 Å².